The molecule has 1 aliphatic carbocycles. The summed E-state index contributed by atoms with van der Waals surface area (Å²) in [6.45, 7) is 7.39. The highest BCUT2D eigenvalue weighted by Gasteiger charge is 2.41. The number of aliphatic hydroxyl groups is 1. The Morgan fingerprint density at radius 3 is 2.89 bits per heavy atom. The molecule has 0 amide bonds. The molecule has 1 heterocycles. The Hall–Kier alpha value is -0.540. The molecule has 3 nitrogen and oxygen atoms in total. The van der Waals surface area contributed by atoms with E-state index in [-0.39, 0.29) is 11.3 Å². The van der Waals surface area contributed by atoms with E-state index in [0.29, 0.717) is 5.02 Å². The summed E-state index contributed by atoms with van der Waals surface area (Å²) in [5.41, 5.74) is 0.989. The lowest BCUT2D eigenvalue weighted by atomic mass is 9.78. The highest BCUT2D eigenvalue weighted by atomic mass is 35.5. The molecule has 0 bridgehead atoms. The van der Waals surface area contributed by atoms with Gasteiger partial charge in [-0.2, -0.15) is 5.10 Å². The first-order valence-corrected chi connectivity index (χ1v) is 7.24. The predicted octanol–water partition coefficient (Wildman–Crippen LogP) is 3.81. The van der Waals surface area contributed by atoms with Crippen LogP contribution in [-0.2, 0) is 6.54 Å². The predicted molar refractivity (Wildman–Crippen MR) is 73.6 cm³/mol. The quantitative estimate of drug-likeness (QED) is 0.904. The first kappa shape index (κ1) is 13.9. The molecular formula is C14H23ClN2O. The van der Waals surface area contributed by atoms with Gasteiger partial charge in [0, 0.05) is 6.54 Å². The fourth-order valence-electron chi connectivity index (χ4n) is 3.19. The smallest absolute Gasteiger partial charge is 0.100 e. The molecule has 0 aromatic carbocycles. The number of hydrogen-bond donors (Lipinski definition) is 1. The van der Waals surface area contributed by atoms with E-state index in [1.165, 1.54) is 12.8 Å². The summed E-state index contributed by atoms with van der Waals surface area (Å²) in [6.07, 6.45) is 5.58. The van der Waals surface area contributed by atoms with Gasteiger partial charge in [0.25, 0.3) is 0 Å². The molecule has 1 aromatic heterocycles. The van der Waals surface area contributed by atoms with Crippen LogP contribution in [0.15, 0.2) is 6.20 Å². The van der Waals surface area contributed by atoms with E-state index in [1.54, 1.807) is 6.20 Å². The van der Waals surface area contributed by atoms with Crippen LogP contribution in [0.1, 0.15) is 58.3 Å². The molecular weight excluding hydrogens is 248 g/mol. The van der Waals surface area contributed by atoms with E-state index in [1.807, 2.05) is 4.68 Å². The SMILES string of the molecule is CCCn1ncc(Cl)c1C(O)C1CCCC1(C)C. The normalized spacial score (nSPS) is 24.4. The van der Waals surface area contributed by atoms with Crippen LogP contribution < -0.4 is 0 Å². The molecule has 0 aliphatic heterocycles. The van der Waals surface area contributed by atoms with Crippen LogP contribution in [0, 0.1) is 11.3 Å². The van der Waals surface area contributed by atoms with Gasteiger partial charge in [0.1, 0.15) is 6.10 Å². The Balaban J connectivity index is 2.28. The minimum Gasteiger partial charge on any atom is -0.386 e. The zero-order valence-electron chi connectivity index (χ0n) is 11.5. The molecule has 1 fully saturated rings. The second-order valence-electron chi connectivity index (χ2n) is 6.03. The standard InChI is InChI=1S/C14H23ClN2O/c1-4-8-17-12(11(15)9-16-17)13(18)10-6-5-7-14(10,2)3/h9-10,13,18H,4-8H2,1-3H3. The van der Waals surface area contributed by atoms with Crippen molar-refractivity contribution in [3.05, 3.63) is 16.9 Å². The molecule has 18 heavy (non-hydrogen) atoms. The molecule has 1 saturated carbocycles. The molecule has 102 valence electrons. The first-order valence-electron chi connectivity index (χ1n) is 6.86. The summed E-state index contributed by atoms with van der Waals surface area (Å²) in [6, 6.07) is 0. The molecule has 1 aromatic rings. The third kappa shape index (κ3) is 2.43. The van der Waals surface area contributed by atoms with Gasteiger partial charge >= 0.3 is 0 Å². The van der Waals surface area contributed by atoms with Crippen molar-refractivity contribution in [2.75, 3.05) is 0 Å². The van der Waals surface area contributed by atoms with E-state index < -0.39 is 6.10 Å². The van der Waals surface area contributed by atoms with Gasteiger partial charge in [-0.15, -0.1) is 0 Å². The second-order valence-corrected chi connectivity index (χ2v) is 6.44. The number of hydrogen-bond acceptors (Lipinski definition) is 2. The maximum Gasteiger partial charge on any atom is 0.100 e. The third-order valence-electron chi connectivity index (χ3n) is 4.27. The lowest BCUT2D eigenvalue weighted by molar-refractivity contribution is 0.0463. The van der Waals surface area contributed by atoms with Gasteiger partial charge in [-0.3, -0.25) is 4.68 Å². The molecule has 2 atom stereocenters. The van der Waals surface area contributed by atoms with E-state index in [9.17, 15) is 5.11 Å². The van der Waals surface area contributed by atoms with E-state index >= 15 is 0 Å². The summed E-state index contributed by atoms with van der Waals surface area (Å²) in [7, 11) is 0. The first-order chi connectivity index (χ1) is 8.47. The summed E-state index contributed by atoms with van der Waals surface area (Å²) in [5.74, 6) is 0.280. The van der Waals surface area contributed by atoms with Crippen LogP contribution in [0.3, 0.4) is 0 Å². The van der Waals surface area contributed by atoms with E-state index in [2.05, 4.69) is 25.9 Å². The fraction of sp³-hybridized carbons (Fsp3) is 0.786. The summed E-state index contributed by atoms with van der Waals surface area (Å²) in [4.78, 5) is 0. The molecule has 0 spiro atoms. The van der Waals surface area contributed by atoms with Crippen LogP contribution in [0.5, 0.6) is 0 Å². The van der Waals surface area contributed by atoms with Crippen molar-refractivity contribution in [1.29, 1.82) is 0 Å². The highest BCUT2D eigenvalue weighted by Crippen LogP contribution is 2.49. The lowest BCUT2D eigenvalue weighted by Crippen LogP contribution is -2.26. The van der Waals surface area contributed by atoms with Gasteiger partial charge in [-0.25, -0.2) is 0 Å². The van der Waals surface area contributed by atoms with Crippen LogP contribution >= 0.6 is 11.6 Å². The Labute approximate surface area is 114 Å². The fourth-order valence-corrected chi connectivity index (χ4v) is 3.44. The maximum atomic E-state index is 10.7. The summed E-state index contributed by atoms with van der Waals surface area (Å²) >= 11 is 6.20. The van der Waals surface area contributed by atoms with Gasteiger partial charge in [-0.05, 0) is 30.6 Å². The van der Waals surface area contributed by atoms with Crippen LogP contribution in [0.25, 0.3) is 0 Å². The van der Waals surface area contributed by atoms with Crippen LogP contribution in [0.4, 0.5) is 0 Å². The molecule has 1 N–H and O–H groups in total. The average molecular weight is 271 g/mol. The van der Waals surface area contributed by atoms with Crippen LogP contribution in [0.2, 0.25) is 5.02 Å². The monoisotopic (exact) mass is 270 g/mol. The van der Waals surface area contributed by atoms with Crippen molar-refractivity contribution in [3.63, 3.8) is 0 Å². The van der Waals surface area contributed by atoms with E-state index in [0.717, 1.165) is 25.1 Å². The van der Waals surface area contributed by atoms with Crippen molar-refractivity contribution in [2.45, 2.75) is 59.1 Å². The van der Waals surface area contributed by atoms with E-state index in [4.69, 9.17) is 11.6 Å². The molecule has 0 saturated heterocycles. The molecule has 0 radical (unpaired) electrons. The third-order valence-corrected chi connectivity index (χ3v) is 4.56. The maximum absolute atomic E-state index is 10.7. The number of aliphatic hydroxyl groups excluding tert-OH is 1. The van der Waals surface area contributed by atoms with Crippen molar-refractivity contribution in [2.24, 2.45) is 11.3 Å². The molecule has 2 rings (SSSR count). The van der Waals surface area contributed by atoms with Crippen molar-refractivity contribution >= 4 is 11.6 Å². The van der Waals surface area contributed by atoms with Crippen molar-refractivity contribution in [3.8, 4) is 0 Å². The van der Waals surface area contributed by atoms with Crippen LogP contribution in [-0.4, -0.2) is 14.9 Å². The molecule has 2 unspecified atom stereocenters. The van der Waals surface area contributed by atoms with Gasteiger partial charge < -0.3 is 5.11 Å². The van der Waals surface area contributed by atoms with Gasteiger partial charge in [0.05, 0.1) is 16.9 Å². The highest BCUT2D eigenvalue weighted by molar-refractivity contribution is 6.31. The topological polar surface area (TPSA) is 38.0 Å². The second kappa shape index (κ2) is 5.22. The minimum absolute atomic E-state index is 0.185. The van der Waals surface area contributed by atoms with Gasteiger partial charge in [0.2, 0.25) is 0 Å². The van der Waals surface area contributed by atoms with Crippen molar-refractivity contribution < 1.29 is 5.11 Å². The minimum atomic E-state index is -0.496. The Kier molecular flexibility index (Phi) is 4.02. The Morgan fingerprint density at radius 2 is 2.33 bits per heavy atom. The summed E-state index contributed by atoms with van der Waals surface area (Å²) in [5, 5.41) is 15.6. The zero-order chi connectivity index (χ0) is 13.3. The van der Waals surface area contributed by atoms with Gasteiger partial charge in [0.15, 0.2) is 0 Å². The lowest BCUT2D eigenvalue weighted by Gasteiger charge is -2.31. The largest absolute Gasteiger partial charge is 0.386 e. The van der Waals surface area contributed by atoms with Crippen molar-refractivity contribution in [1.82, 2.24) is 9.78 Å². The number of rotatable bonds is 4. The number of halogens is 1. The number of aryl methyl sites for hydroxylation is 1. The number of aromatic nitrogens is 2. The summed E-state index contributed by atoms with van der Waals surface area (Å²) < 4.78 is 1.86. The number of nitrogens with zero attached hydrogens (tertiary/aromatic N) is 2. The Morgan fingerprint density at radius 1 is 1.61 bits per heavy atom. The molecule has 1 aliphatic rings. The average Bonchev–Trinajstić information content (AvgIpc) is 2.82. The zero-order valence-corrected chi connectivity index (χ0v) is 12.2. The van der Waals surface area contributed by atoms with Gasteiger partial charge in [-0.1, -0.05) is 38.8 Å². The molecule has 4 heteroatoms. The Bertz CT molecular complexity index is 414.